The fourth-order valence-corrected chi connectivity index (χ4v) is 6.46. The Morgan fingerprint density at radius 1 is 1.14 bits per heavy atom. The number of hydrogen-bond donors (Lipinski definition) is 5. The minimum atomic E-state index is -2.90. The number of aromatic hydroxyl groups is 1. The molecule has 3 aliphatic carbocycles. The fraction of sp³-hybridized carbons (Fsp3) is 0.522. The van der Waals surface area contributed by atoms with Gasteiger partial charge in [-0.2, -0.15) is 0 Å². The van der Waals surface area contributed by atoms with Crippen molar-refractivity contribution in [3.05, 3.63) is 28.3 Å². The second kappa shape index (κ2) is 8.17. The summed E-state index contributed by atoms with van der Waals surface area (Å²) in [4.78, 5) is 67.8. The molecule has 0 saturated heterocycles. The number of carbonyl (C=O) groups is 5. The quantitative estimate of drug-likeness (QED) is 0.245. The van der Waals surface area contributed by atoms with Crippen LogP contribution in [0, 0.1) is 23.7 Å². The number of likely N-dealkylation sites (N-methyl/N-ethyl adjacent to an activating group) is 1. The first-order valence-electron chi connectivity index (χ1n) is 10.9. The van der Waals surface area contributed by atoms with Crippen LogP contribution in [0.15, 0.2) is 12.1 Å². The van der Waals surface area contributed by atoms with Gasteiger partial charge in [0.25, 0.3) is 0 Å². The molecule has 1 aromatic rings. The Morgan fingerprint density at radius 3 is 2.34 bits per heavy atom. The van der Waals surface area contributed by atoms with Crippen molar-refractivity contribution in [3.63, 3.8) is 0 Å². The lowest BCUT2D eigenvalue weighted by atomic mass is 9.49. The lowest BCUT2D eigenvalue weighted by Gasteiger charge is -2.55. The summed E-state index contributed by atoms with van der Waals surface area (Å²) in [6.07, 6.45) is -0.314. The maximum Gasteiger partial charge on any atom is 0.240 e. The molecule has 0 aliphatic heterocycles. The monoisotopic (exact) mass is 508 g/mol. The van der Waals surface area contributed by atoms with Crippen molar-refractivity contribution in [2.75, 3.05) is 20.8 Å². The van der Waals surface area contributed by atoms with Gasteiger partial charge in [-0.25, -0.2) is 0 Å². The van der Waals surface area contributed by atoms with E-state index in [0.717, 1.165) is 6.07 Å². The first-order chi connectivity index (χ1) is 16.2. The van der Waals surface area contributed by atoms with Crippen LogP contribution in [0.3, 0.4) is 0 Å². The average Bonchev–Trinajstić information content (AvgIpc) is 2.76. The molecule has 12 heteroatoms. The Hall–Kier alpha value is -2.70. The molecular weight excluding hydrogens is 484 g/mol. The van der Waals surface area contributed by atoms with E-state index in [0.29, 0.717) is 0 Å². The molecule has 2 fully saturated rings. The van der Waals surface area contributed by atoms with Gasteiger partial charge in [0.05, 0.1) is 23.1 Å². The third kappa shape index (κ3) is 3.22. The van der Waals surface area contributed by atoms with Crippen molar-refractivity contribution >= 4 is 40.6 Å². The number of Topliss-reactive ketones (excluding diaryl/α,β-unsaturated/α-hetero) is 4. The Kier molecular flexibility index (Phi) is 5.93. The standard InChI is InChI=1S/C23H25ClN2O9/c1-22(34)8-6-9-16(26(2)3)18(30)14(21(33)25-7-27)20(32)23(9,35)19(31)12(8)17(29)13-11(28)5-4-10(24)15(13)22/h4-5,8-9,12,14,16,27-28,34-35H,6-7H2,1-3H3,(H,25,33)/t8-,9-,12?,14?,16-,22-,23-/m0/s1. The van der Waals surface area contributed by atoms with Crippen LogP contribution in [0.5, 0.6) is 5.75 Å². The summed E-state index contributed by atoms with van der Waals surface area (Å²) in [5.74, 6) is -12.6. The minimum Gasteiger partial charge on any atom is -0.507 e. The molecule has 11 nitrogen and oxygen atoms in total. The highest BCUT2D eigenvalue weighted by atomic mass is 35.5. The number of carbonyl (C=O) groups excluding carboxylic acids is 5. The number of fused-ring (bicyclic) bond motifs is 3. The first kappa shape index (κ1) is 25.4. The smallest absolute Gasteiger partial charge is 0.240 e. The second-order valence-electron chi connectivity index (χ2n) is 9.69. The van der Waals surface area contributed by atoms with E-state index in [2.05, 4.69) is 0 Å². The highest BCUT2D eigenvalue weighted by molar-refractivity contribution is 6.34. The number of hydrogen-bond acceptors (Lipinski definition) is 10. The lowest BCUT2D eigenvalue weighted by molar-refractivity contribution is -0.188. The molecule has 4 rings (SSSR count). The van der Waals surface area contributed by atoms with Crippen molar-refractivity contribution in [1.29, 1.82) is 0 Å². The van der Waals surface area contributed by atoms with E-state index in [1.807, 2.05) is 5.32 Å². The van der Waals surface area contributed by atoms with E-state index < -0.39 is 88.0 Å². The molecule has 3 aliphatic rings. The molecule has 188 valence electrons. The summed E-state index contributed by atoms with van der Waals surface area (Å²) >= 11 is 6.27. The van der Waals surface area contributed by atoms with Crippen LogP contribution >= 0.6 is 11.6 Å². The van der Waals surface area contributed by atoms with Crippen molar-refractivity contribution < 1.29 is 44.4 Å². The zero-order valence-corrected chi connectivity index (χ0v) is 19.9. The summed E-state index contributed by atoms with van der Waals surface area (Å²) in [5, 5.41) is 44.5. The molecule has 35 heavy (non-hydrogen) atoms. The maximum atomic E-state index is 13.8. The molecule has 7 atom stereocenters. The summed E-state index contributed by atoms with van der Waals surface area (Å²) in [6, 6.07) is 1.12. The summed E-state index contributed by atoms with van der Waals surface area (Å²) in [6.45, 7) is 0.425. The van der Waals surface area contributed by atoms with Gasteiger partial charge in [-0.1, -0.05) is 11.6 Å². The topological polar surface area (TPSA) is 182 Å². The molecule has 0 spiro atoms. The Bertz CT molecular complexity index is 1180. The van der Waals surface area contributed by atoms with Crippen molar-refractivity contribution in [2.24, 2.45) is 23.7 Å². The van der Waals surface area contributed by atoms with Crippen LogP contribution in [0.25, 0.3) is 0 Å². The summed E-state index contributed by atoms with van der Waals surface area (Å²) < 4.78 is 0. The number of nitrogens with one attached hydrogen (secondary N) is 1. The van der Waals surface area contributed by atoms with E-state index in [1.54, 1.807) is 0 Å². The predicted octanol–water partition coefficient (Wildman–Crippen LogP) is -1.23. The zero-order valence-electron chi connectivity index (χ0n) is 19.1. The number of ketones is 4. The number of aliphatic hydroxyl groups is 3. The minimum absolute atomic E-state index is 0.0245. The largest absolute Gasteiger partial charge is 0.507 e. The van der Waals surface area contributed by atoms with Gasteiger partial charge in [-0.3, -0.25) is 28.9 Å². The Morgan fingerprint density at radius 2 is 1.77 bits per heavy atom. The van der Waals surface area contributed by atoms with Gasteiger partial charge in [-0.15, -0.1) is 0 Å². The second-order valence-corrected chi connectivity index (χ2v) is 10.1. The normalized spacial score (nSPS) is 36.5. The van der Waals surface area contributed by atoms with E-state index >= 15 is 0 Å². The van der Waals surface area contributed by atoms with Gasteiger partial charge in [0.15, 0.2) is 34.7 Å². The van der Waals surface area contributed by atoms with Crippen LogP contribution in [0.2, 0.25) is 5.02 Å². The molecule has 5 N–H and O–H groups in total. The molecule has 1 amide bonds. The molecule has 2 unspecified atom stereocenters. The van der Waals surface area contributed by atoms with Crippen molar-refractivity contribution in [3.8, 4) is 5.75 Å². The number of aliphatic hydroxyl groups excluding tert-OH is 1. The van der Waals surface area contributed by atoms with E-state index in [1.165, 1.54) is 32.0 Å². The number of rotatable bonds is 3. The van der Waals surface area contributed by atoms with Crippen LogP contribution < -0.4 is 5.32 Å². The van der Waals surface area contributed by atoms with Crippen molar-refractivity contribution in [1.82, 2.24) is 10.2 Å². The number of phenols is 1. The van der Waals surface area contributed by atoms with E-state index in [9.17, 15) is 39.3 Å². The molecule has 0 radical (unpaired) electrons. The summed E-state index contributed by atoms with van der Waals surface area (Å²) in [5.41, 5.74) is -5.33. The highest BCUT2D eigenvalue weighted by Gasteiger charge is 2.71. The number of amides is 1. The highest BCUT2D eigenvalue weighted by Crippen LogP contribution is 2.56. The molecule has 0 bridgehead atoms. The van der Waals surface area contributed by atoms with E-state index in [-0.39, 0.29) is 17.0 Å². The number of benzene rings is 1. The number of nitrogens with zero attached hydrogens (tertiary/aromatic N) is 1. The summed E-state index contributed by atoms with van der Waals surface area (Å²) in [7, 11) is 2.93. The van der Waals surface area contributed by atoms with Gasteiger partial charge in [0, 0.05) is 22.4 Å². The maximum absolute atomic E-state index is 13.8. The van der Waals surface area contributed by atoms with Crippen LogP contribution in [0.4, 0.5) is 0 Å². The van der Waals surface area contributed by atoms with Gasteiger partial charge >= 0.3 is 0 Å². The molecule has 1 aromatic carbocycles. The van der Waals surface area contributed by atoms with Gasteiger partial charge < -0.3 is 25.7 Å². The number of halogens is 1. The van der Waals surface area contributed by atoms with Crippen LogP contribution in [0.1, 0.15) is 29.3 Å². The van der Waals surface area contributed by atoms with Crippen molar-refractivity contribution in [2.45, 2.75) is 30.6 Å². The molecule has 0 aromatic heterocycles. The average molecular weight is 509 g/mol. The van der Waals surface area contributed by atoms with Crippen LogP contribution in [-0.4, -0.2) is 86.8 Å². The zero-order chi connectivity index (χ0) is 26.2. The van der Waals surface area contributed by atoms with Gasteiger partial charge in [0.1, 0.15) is 12.5 Å². The third-order valence-electron chi connectivity index (χ3n) is 7.66. The Balaban J connectivity index is 1.93. The van der Waals surface area contributed by atoms with Gasteiger partial charge in [-0.05, 0) is 39.6 Å². The molecule has 0 heterocycles. The predicted molar refractivity (Wildman–Crippen MR) is 118 cm³/mol. The van der Waals surface area contributed by atoms with Gasteiger partial charge in [0.2, 0.25) is 5.91 Å². The lowest BCUT2D eigenvalue weighted by Crippen LogP contribution is -2.75. The molecule has 2 saturated carbocycles. The first-order valence-corrected chi connectivity index (χ1v) is 11.3. The third-order valence-corrected chi connectivity index (χ3v) is 7.98. The van der Waals surface area contributed by atoms with Crippen LogP contribution in [-0.2, 0) is 24.8 Å². The van der Waals surface area contributed by atoms with E-state index in [4.69, 9.17) is 16.7 Å². The number of phenolic OH excluding ortho intramolecular Hbond substituents is 1. The fourth-order valence-electron chi connectivity index (χ4n) is 6.11. The SMILES string of the molecule is CN(C)[C@@H]1C(=O)C(C(=O)NCO)C(=O)[C@@]2(O)C(=O)C3C(=O)c4c(O)ccc(Cl)c4[C@@](C)(O)[C@H]3C[C@@H]12. The molecular formula is C23H25ClN2O9. The Labute approximate surface area is 204 Å².